The molecular formula is C13H28N2. The van der Waals surface area contributed by atoms with E-state index in [9.17, 15) is 0 Å². The topological polar surface area (TPSA) is 29.3 Å². The van der Waals surface area contributed by atoms with Crippen molar-refractivity contribution in [3.63, 3.8) is 0 Å². The van der Waals surface area contributed by atoms with E-state index in [-0.39, 0.29) is 0 Å². The van der Waals surface area contributed by atoms with Crippen molar-refractivity contribution in [1.82, 2.24) is 4.90 Å². The first-order valence-electron chi connectivity index (χ1n) is 6.62. The Morgan fingerprint density at radius 1 is 1.33 bits per heavy atom. The molecular weight excluding hydrogens is 184 g/mol. The Bertz CT molecular complexity index is 170. The third-order valence-corrected chi connectivity index (χ3v) is 4.10. The van der Waals surface area contributed by atoms with Crippen molar-refractivity contribution in [3.05, 3.63) is 0 Å². The minimum Gasteiger partial charge on any atom is -0.330 e. The highest BCUT2D eigenvalue weighted by molar-refractivity contribution is 4.84. The smallest absolute Gasteiger partial charge is 0.0135 e. The second-order valence-electron chi connectivity index (χ2n) is 5.15. The van der Waals surface area contributed by atoms with Gasteiger partial charge in [0.2, 0.25) is 0 Å². The van der Waals surface area contributed by atoms with Crippen molar-refractivity contribution in [2.75, 3.05) is 13.6 Å². The Kier molecular flexibility index (Phi) is 5.62. The number of hydrogen-bond donors (Lipinski definition) is 1. The van der Waals surface area contributed by atoms with E-state index in [0.29, 0.717) is 6.04 Å². The first-order valence-corrected chi connectivity index (χ1v) is 6.62. The summed E-state index contributed by atoms with van der Waals surface area (Å²) in [6.07, 6.45) is 8.06. The van der Waals surface area contributed by atoms with E-state index in [1.807, 2.05) is 0 Å². The van der Waals surface area contributed by atoms with Gasteiger partial charge in [0.1, 0.15) is 0 Å². The van der Waals surface area contributed by atoms with E-state index in [2.05, 4.69) is 25.8 Å². The average molecular weight is 212 g/mol. The fourth-order valence-electron chi connectivity index (χ4n) is 2.95. The van der Waals surface area contributed by atoms with Crippen LogP contribution in [-0.4, -0.2) is 30.6 Å². The molecule has 0 saturated heterocycles. The van der Waals surface area contributed by atoms with Gasteiger partial charge in [-0.2, -0.15) is 0 Å². The molecule has 2 nitrogen and oxygen atoms in total. The van der Waals surface area contributed by atoms with Crippen molar-refractivity contribution < 1.29 is 0 Å². The lowest BCUT2D eigenvalue weighted by Gasteiger charge is -2.40. The van der Waals surface area contributed by atoms with Gasteiger partial charge in [-0.05, 0) is 45.7 Å². The molecule has 1 rings (SSSR count). The SMILES string of the molecule is CCCC(C)N(C)C1CCCCC1CN. The molecule has 15 heavy (non-hydrogen) atoms. The minimum atomic E-state index is 0.715. The minimum absolute atomic E-state index is 0.715. The highest BCUT2D eigenvalue weighted by Crippen LogP contribution is 2.28. The van der Waals surface area contributed by atoms with Crippen molar-refractivity contribution in [2.24, 2.45) is 11.7 Å². The summed E-state index contributed by atoms with van der Waals surface area (Å²) in [4.78, 5) is 2.58. The Hall–Kier alpha value is -0.0800. The molecule has 0 amide bonds. The normalized spacial score (nSPS) is 29.4. The Balaban J connectivity index is 2.50. The molecule has 0 aromatic heterocycles. The zero-order chi connectivity index (χ0) is 11.3. The van der Waals surface area contributed by atoms with Gasteiger partial charge in [-0.15, -0.1) is 0 Å². The zero-order valence-electron chi connectivity index (χ0n) is 10.7. The van der Waals surface area contributed by atoms with E-state index < -0.39 is 0 Å². The highest BCUT2D eigenvalue weighted by atomic mass is 15.2. The van der Waals surface area contributed by atoms with E-state index in [1.54, 1.807) is 0 Å². The van der Waals surface area contributed by atoms with Crippen LogP contribution in [0.3, 0.4) is 0 Å². The molecule has 1 fully saturated rings. The maximum Gasteiger partial charge on any atom is 0.0135 e. The van der Waals surface area contributed by atoms with Crippen LogP contribution in [0.25, 0.3) is 0 Å². The predicted molar refractivity (Wildman–Crippen MR) is 66.9 cm³/mol. The van der Waals surface area contributed by atoms with Crippen LogP contribution in [0.4, 0.5) is 0 Å². The summed E-state index contributed by atoms with van der Waals surface area (Å²) in [5.74, 6) is 0.739. The molecule has 0 aromatic carbocycles. The quantitative estimate of drug-likeness (QED) is 0.759. The molecule has 2 N–H and O–H groups in total. The van der Waals surface area contributed by atoms with Crippen molar-refractivity contribution in [1.29, 1.82) is 0 Å². The third kappa shape index (κ3) is 3.46. The van der Waals surface area contributed by atoms with Gasteiger partial charge in [0.25, 0.3) is 0 Å². The highest BCUT2D eigenvalue weighted by Gasteiger charge is 2.28. The Labute approximate surface area is 95.2 Å². The van der Waals surface area contributed by atoms with Crippen molar-refractivity contribution in [3.8, 4) is 0 Å². The van der Waals surface area contributed by atoms with Gasteiger partial charge < -0.3 is 10.6 Å². The summed E-state index contributed by atoms with van der Waals surface area (Å²) >= 11 is 0. The summed E-state index contributed by atoms with van der Waals surface area (Å²) in [5, 5.41) is 0. The number of nitrogens with zero attached hydrogens (tertiary/aromatic N) is 1. The summed E-state index contributed by atoms with van der Waals surface area (Å²) < 4.78 is 0. The molecule has 0 aliphatic heterocycles. The number of hydrogen-bond acceptors (Lipinski definition) is 2. The van der Waals surface area contributed by atoms with E-state index in [4.69, 9.17) is 5.73 Å². The Morgan fingerprint density at radius 3 is 2.60 bits per heavy atom. The van der Waals surface area contributed by atoms with Crippen LogP contribution in [0.15, 0.2) is 0 Å². The van der Waals surface area contributed by atoms with Crippen molar-refractivity contribution >= 4 is 0 Å². The lowest BCUT2D eigenvalue weighted by atomic mass is 9.83. The molecule has 1 aliphatic carbocycles. The fourth-order valence-corrected chi connectivity index (χ4v) is 2.95. The molecule has 0 bridgehead atoms. The molecule has 1 aliphatic rings. The van der Waals surface area contributed by atoms with Gasteiger partial charge in [0, 0.05) is 12.1 Å². The fraction of sp³-hybridized carbons (Fsp3) is 1.00. The number of nitrogens with two attached hydrogens (primary N) is 1. The number of rotatable bonds is 5. The monoisotopic (exact) mass is 212 g/mol. The van der Waals surface area contributed by atoms with Crippen LogP contribution >= 0.6 is 0 Å². The predicted octanol–water partition coefficient (Wildman–Crippen LogP) is 2.62. The summed E-state index contributed by atoms with van der Waals surface area (Å²) in [6, 6.07) is 1.46. The maximum atomic E-state index is 5.88. The summed E-state index contributed by atoms with van der Waals surface area (Å²) in [5.41, 5.74) is 5.88. The molecule has 1 saturated carbocycles. The molecule has 3 unspecified atom stereocenters. The van der Waals surface area contributed by atoms with E-state index >= 15 is 0 Å². The summed E-state index contributed by atoms with van der Waals surface area (Å²) in [7, 11) is 2.29. The van der Waals surface area contributed by atoms with Crippen LogP contribution in [0, 0.1) is 5.92 Å². The largest absolute Gasteiger partial charge is 0.330 e. The van der Waals surface area contributed by atoms with Gasteiger partial charge in [0.15, 0.2) is 0 Å². The van der Waals surface area contributed by atoms with Gasteiger partial charge in [-0.1, -0.05) is 26.2 Å². The molecule has 3 atom stereocenters. The zero-order valence-corrected chi connectivity index (χ0v) is 10.7. The van der Waals surface area contributed by atoms with Gasteiger partial charge in [-0.25, -0.2) is 0 Å². The summed E-state index contributed by atoms with van der Waals surface area (Å²) in [6.45, 7) is 5.49. The molecule has 2 heteroatoms. The van der Waals surface area contributed by atoms with Gasteiger partial charge in [-0.3, -0.25) is 0 Å². The van der Waals surface area contributed by atoms with Crippen LogP contribution < -0.4 is 5.73 Å². The lowest BCUT2D eigenvalue weighted by molar-refractivity contribution is 0.0948. The van der Waals surface area contributed by atoms with Gasteiger partial charge >= 0.3 is 0 Å². The first kappa shape index (κ1) is 13.0. The molecule has 0 spiro atoms. The van der Waals surface area contributed by atoms with E-state index in [1.165, 1.54) is 38.5 Å². The molecule has 0 radical (unpaired) electrons. The van der Waals surface area contributed by atoms with Crippen LogP contribution in [0.2, 0.25) is 0 Å². The molecule has 0 aromatic rings. The van der Waals surface area contributed by atoms with Crippen LogP contribution in [0.5, 0.6) is 0 Å². The average Bonchev–Trinajstić information content (AvgIpc) is 2.28. The van der Waals surface area contributed by atoms with Crippen LogP contribution in [0.1, 0.15) is 52.4 Å². The third-order valence-electron chi connectivity index (χ3n) is 4.10. The molecule has 0 heterocycles. The van der Waals surface area contributed by atoms with Crippen LogP contribution in [-0.2, 0) is 0 Å². The van der Waals surface area contributed by atoms with Crippen molar-refractivity contribution in [2.45, 2.75) is 64.5 Å². The Morgan fingerprint density at radius 2 is 2.00 bits per heavy atom. The van der Waals surface area contributed by atoms with E-state index in [0.717, 1.165) is 18.5 Å². The second kappa shape index (κ2) is 6.49. The first-order chi connectivity index (χ1) is 7.20. The second-order valence-corrected chi connectivity index (χ2v) is 5.15. The maximum absolute atomic E-state index is 5.88. The standard InChI is InChI=1S/C13H28N2/c1-4-7-11(2)15(3)13-9-6-5-8-12(13)10-14/h11-13H,4-10,14H2,1-3H3. The molecule has 90 valence electrons. The lowest BCUT2D eigenvalue weighted by Crippen LogP contribution is -2.46. The van der Waals surface area contributed by atoms with Gasteiger partial charge in [0.05, 0.1) is 0 Å².